The molecule has 7 rings (SSSR count). The fourth-order valence-corrected chi connectivity index (χ4v) is 10.2. The number of ether oxygens (including phenoxy) is 5. The summed E-state index contributed by atoms with van der Waals surface area (Å²) in [6.45, 7) is 7.79. The summed E-state index contributed by atoms with van der Waals surface area (Å²) in [6, 6.07) is 18.9. The Hall–Kier alpha value is -5.81. The van der Waals surface area contributed by atoms with Crippen LogP contribution < -0.4 is 5.32 Å². The summed E-state index contributed by atoms with van der Waals surface area (Å²) in [5.41, 5.74) is -7.58. The first kappa shape index (κ1) is 45.2. The average Bonchev–Trinajstić information content (AvgIpc) is 3.24. The first-order valence-electron chi connectivity index (χ1n) is 20.6. The van der Waals surface area contributed by atoms with Crippen molar-refractivity contribution >= 4 is 35.6 Å². The Bertz CT molecular complexity index is 2340. The van der Waals surface area contributed by atoms with E-state index in [-0.39, 0.29) is 40.9 Å². The predicted octanol–water partition coefficient (Wildman–Crippen LogP) is 3.87. The summed E-state index contributed by atoms with van der Waals surface area (Å²) >= 11 is 0. The Morgan fingerprint density at radius 1 is 0.857 bits per heavy atom. The van der Waals surface area contributed by atoms with Gasteiger partial charge in [-0.1, -0.05) is 62.4 Å². The maximum Gasteiger partial charge on any atom is 0.338 e. The van der Waals surface area contributed by atoms with Crippen molar-refractivity contribution in [3.8, 4) is 0 Å². The topological polar surface area (TPSA) is 221 Å². The molecule has 11 atom stereocenters. The van der Waals surface area contributed by atoms with E-state index < -0.39 is 118 Å². The average molecular weight is 872 g/mol. The van der Waals surface area contributed by atoms with Gasteiger partial charge in [0.25, 0.3) is 5.91 Å². The Labute approximate surface area is 362 Å². The monoisotopic (exact) mass is 871 g/mol. The molecule has 4 N–H and O–H groups in total. The van der Waals surface area contributed by atoms with Crippen LogP contribution in [0.15, 0.2) is 96.1 Å². The van der Waals surface area contributed by atoms with Gasteiger partial charge in [-0.3, -0.25) is 19.2 Å². The highest BCUT2D eigenvalue weighted by Gasteiger charge is 2.78. The van der Waals surface area contributed by atoms with Gasteiger partial charge in [-0.15, -0.1) is 0 Å². The molecule has 2 bridgehead atoms. The number of hydrogen-bond donors (Lipinski definition) is 4. The third-order valence-electron chi connectivity index (χ3n) is 13.6. The minimum absolute atomic E-state index is 0.0441. The van der Waals surface area contributed by atoms with Gasteiger partial charge in [-0.25, -0.2) is 14.0 Å². The lowest BCUT2D eigenvalue weighted by Gasteiger charge is -2.67. The van der Waals surface area contributed by atoms with Crippen LogP contribution in [0.3, 0.4) is 0 Å². The summed E-state index contributed by atoms with van der Waals surface area (Å²) in [5.74, 6) is -7.79. The Morgan fingerprint density at radius 2 is 1.46 bits per heavy atom. The molecule has 1 heterocycles. The van der Waals surface area contributed by atoms with E-state index in [0.717, 1.165) is 26.0 Å². The minimum atomic E-state index is -2.44. The third kappa shape index (κ3) is 7.62. The number of halogens is 1. The molecule has 0 radical (unpaired) electrons. The maximum absolute atomic E-state index is 15.5. The number of carbonyl (C=O) groups is 6. The number of benzene rings is 3. The molecule has 1 aliphatic heterocycles. The standard InChI is InChI=1S/C47H50FNO14/c1-24-31(61-43(57)36(53)35(27-17-19-30(48)20-18-27)49-41(55)28-13-9-7-10-14-28)22-47(58)40(62-42(56)29-15-11-8-12-16-29)38-45(6,32(52)21-33-46(38,23-59-33)63-26(3)51)39(54)37(60-25(2)50)34(24)44(47,4)5/h7-20,31-33,35-38,40,52-53,58H,21-23H2,1-6H3,(H,49,55)/t31?,32?,33?,35?,36?,37?,38?,40?,45-,46+,47?/m1/s1. The molecule has 2 saturated carbocycles. The first-order valence-corrected chi connectivity index (χ1v) is 20.6. The molecule has 334 valence electrons. The van der Waals surface area contributed by atoms with Crippen LogP contribution in [0.25, 0.3) is 0 Å². The van der Waals surface area contributed by atoms with Crippen molar-refractivity contribution in [3.63, 3.8) is 0 Å². The predicted molar refractivity (Wildman–Crippen MR) is 218 cm³/mol. The highest BCUT2D eigenvalue weighted by atomic mass is 19.1. The lowest BCUT2D eigenvalue weighted by molar-refractivity contribution is -0.346. The summed E-state index contributed by atoms with van der Waals surface area (Å²) in [6.07, 6.45) is -10.9. The quantitative estimate of drug-likeness (QED) is 0.129. The van der Waals surface area contributed by atoms with Crippen LogP contribution in [-0.4, -0.2) is 105 Å². The molecule has 0 aromatic heterocycles. The van der Waals surface area contributed by atoms with Gasteiger partial charge in [0.2, 0.25) is 0 Å². The zero-order valence-electron chi connectivity index (χ0n) is 35.5. The highest BCUT2D eigenvalue weighted by molar-refractivity contribution is 5.96. The van der Waals surface area contributed by atoms with E-state index >= 15 is 4.79 Å². The van der Waals surface area contributed by atoms with E-state index in [2.05, 4.69) is 5.32 Å². The van der Waals surface area contributed by atoms with Gasteiger partial charge in [0.1, 0.15) is 29.7 Å². The molecule has 15 nitrogen and oxygen atoms in total. The van der Waals surface area contributed by atoms with Gasteiger partial charge in [-0.05, 0) is 67.0 Å². The lowest BCUT2D eigenvalue weighted by atomic mass is 9.44. The number of nitrogens with one attached hydrogen (secondary N) is 1. The van der Waals surface area contributed by atoms with Crippen LogP contribution in [0.5, 0.6) is 0 Å². The van der Waals surface area contributed by atoms with E-state index in [0.29, 0.717) is 0 Å². The Kier molecular flexibility index (Phi) is 12.0. The van der Waals surface area contributed by atoms with E-state index in [1.165, 1.54) is 64.1 Å². The summed E-state index contributed by atoms with van der Waals surface area (Å²) in [7, 11) is 0. The number of Topliss-reactive ketones (excluding diaryl/α,β-unsaturated/α-hetero) is 1. The minimum Gasteiger partial charge on any atom is -0.456 e. The molecule has 4 aliphatic rings. The molecule has 3 aliphatic carbocycles. The number of fused-ring (bicyclic) bond motifs is 5. The van der Waals surface area contributed by atoms with E-state index in [1.54, 1.807) is 36.4 Å². The van der Waals surface area contributed by atoms with Crippen molar-refractivity contribution in [2.45, 2.75) is 108 Å². The molecule has 3 fully saturated rings. The van der Waals surface area contributed by atoms with Crippen LogP contribution in [0.4, 0.5) is 4.39 Å². The van der Waals surface area contributed by atoms with Gasteiger partial charge in [-0.2, -0.15) is 0 Å². The molecular formula is C47H50FNO14. The molecule has 16 heteroatoms. The molecule has 1 amide bonds. The van der Waals surface area contributed by atoms with Crippen LogP contribution >= 0.6 is 0 Å². The zero-order chi connectivity index (χ0) is 45.8. The van der Waals surface area contributed by atoms with Crippen LogP contribution in [0.2, 0.25) is 0 Å². The fourth-order valence-electron chi connectivity index (χ4n) is 10.2. The molecule has 3 aromatic rings. The van der Waals surface area contributed by atoms with Gasteiger partial charge in [0, 0.05) is 37.7 Å². The number of carbonyl (C=O) groups excluding carboxylic acids is 6. The third-order valence-corrected chi connectivity index (χ3v) is 13.6. The molecular weight excluding hydrogens is 822 g/mol. The largest absolute Gasteiger partial charge is 0.456 e. The second kappa shape index (κ2) is 16.7. The Morgan fingerprint density at radius 3 is 2.02 bits per heavy atom. The number of amides is 1. The van der Waals surface area contributed by atoms with Crippen LogP contribution in [0, 0.1) is 22.6 Å². The molecule has 3 aromatic carbocycles. The normalized spacial score (nSPS) is 31.6. The Balaban J connectivity index is 1.39. The second-order valence-electron chi connectivity index (χ2n) is 17.5. The van der Waals surface area contributed by atoms with Gasteiger partial charge < -0.3 is 44.3 Å². The number of esters is 4. The number of ketones is 1. The SMILES string of the molecule is CC(=O)OC1C(=O)[C@]2(C)C(O)CC3OC[C@@]3(OC(C)=O)C2C(OC(=O)c2ccccc2)C2(O)CC(OC(=O)C(O)C(NC(=O)c3ccccc3)c3ccc(F)cc3)C(C)=C1C2(C)C. The molecule has 9 unspecified atom stereocenters. The zero-order valence-corrected chi connectivity index (χ0v) is 35.5. The van der Waals surface area contributed by atoms with Crippen LogP contribution in [-0.2, 0) is 42.9 Å². The van der Waals surface area contributed by atoms with Crippen molar-refractivity contribution in [1.82, 2.24) is 5.32 Å². The number of hydrogen-bond acceptors (Lipinski definition) is 14. The summed E-state index contributed by atoms with van der Waals surface area (Å²) < 4.78 is 44.2. The summed E-state index contributed by atoms with van der Waals surface area (Å²) in [4.78, 5) is 83.4. The van der Waals surface area contributed by atoms with Crippen molar-refractivity contribution in [3.05, 3.63) is 119 Å². The van der Waals surface area contributed by atoms with Crippen molar-refractivity contribution in [1.29, 1.82) is 0 Å². The second-order valence-corrected chi connectivity index (χ2v) is 17.5. The van der Waals surface area contributed by atoms with Crippen molar-refractivity contribution in [2.75, 3.05) is 6.61 Å². The van der Waals surface area contributed by atoms with Gasteiger partial charge >= 0.3 is 23.9 Å². The maximum atomic E-state index is 15.5. The molecule has 0 spiro atoms. The van der Waals surface area contributed by atoms with Crippen molar-refractivity contribution < 1.29 is 72.2 Å². The number of aliphatic hydroxyl groups excluding tert-OH is 2. The van der Waals surface area contributed by atoms with E-state index in [4.69, 9.17) is 23.7 Å². The van der Waals surface area contributed by atoms with Gasteiger partial charge in [0.05, 0.1) is 35.6 Å². The van der Waals surface area contributed by atoms with Crippen molar-refractivity contribution in [2.24, 2.45) is 16.7 Å². The number of aliphatic hydroxyl groups is 3. The lowest BCUT2D eigenvalue weighted by Crippen LogP contribution is -2.82. The molecule has 1 saturated heterocycles. The van der Waals surface area contributed by atoms with Gasteiger partial charge in [0.15, 0.2) is 23.6 Å². The molecule has 63 heavy (non-hydrogen) atoms. The summed E-state index contributed by atoms with van der Waals surface area (Å²) in [5, 5.41) is 40.1. The highest BCUT2D eigenvalue weighted by Crippen LogP contribution is 2.64. The van der Waals surface area contributed by atoms with E-state index in [1.807, 2.05) is 0 Å². The number of rotatable bonds is 10. The fraction of sp³-hybridized carbons (Fsp3) is 0.447. The smallest absolute Gasteiger partial charge is 0.338 e. The van der Waals surface area contributed by atoms with Crippen LogP contribution in [0.1, 0.15) is 86.7 Å². The first-order chi connectivity index (χ1) is 29.7. The van der Waals surface area contributed by atoms with E-state index in [9.17, 15) is 43.7 Å².